The first-order valence-electron chi connectivity index (χ1n) is 1.74. The lowest BCUT2D eigenvalue weighted by molar-refractivity contribution is 0.0817. The summed E-state index contributed by atoms with van der Waals surface area (Å²) in [4.78, 5) is -0.924. The van der Waals surface area contributed by atoms with Crippen molar-refractivity contribution in [2.24, 2.45) is 5.73 Å². The molecule has 0 aromatic rings. The van der Waals surface area contributed by atoms with Crippen LogP contribution in [0.5, 0.6) is 0 Å². The molecule has 0 bridgehead atoms. The summed E-state index contributed by atoms with van der Waals surface area (Å²) in [6.07, 6.45) is 0. The Morgan fingerprint density at radius 2 is 1.86 bits per heavy atom. The zero-order chi connectivity index (χ0) is 6.08. The fourth-order valence-electron chi connectivity index (χ4n) is 0. The summed E-state index contributed by atoms with van der Waals surface area (Å²) < 4.78 is 0. The largest absolute Gasteiger partial charge is 0.374 e. The van der Waals surface area contributed by atoms with E-state index >= 15 is 0 Å². The molecular weight excluding hydrogens is 137 g/mol. The number of hydrogen-bond acceptors (Lipinski definition) is 2. The quantitative estimate of drug-likeness (QED) is 0.414. The zero-order valence-electron chi connectivity index (χ0n) is 3.86. The van der Waals surface area contributed by atoms with Crippen LogP contribution < -0.4 is 5.73 Å². The highest BCUT2D eigenvalue weighted by Gasteiger charge is 2.21. The summed E-state index contributed by atoms with van der Waals surface area (Å²) in [5.74, 6) is 0. The van der Waals surface area contributed by atoms with E-state index in [0.29, 0.717) is 0 Å². The highest BCUT2D eigenvalue weighted by molar-refractivity contribution is 6.45. The molecule has 0 aromatic heterocycles. The minimum atomic E-state index is -1.47. The first kappa shape index (κ1) is 7.50. The van der Waals surface area contributed by atoms with Gasteiger partial charge in [-0.3, -0.25) is 0 Å². The molecule has 0 fully saturated rings. The molecule has 0 saturated carbocycles. The molecule has 0 amide bonds. The summed E-state index contributed by atoms with van der Waals surface area (Å²) >= 11 is 10.3. The predicted octanol–water partition coefficient (Wildman–Crippen LogP) is 0.457. The van der Waals surface area contributed by atoms with Crippen LogP contribution in [0.1, 0.15) is 6.92 Å². The molecular formula is C3H7Cl2NO. The molecule has 1 atom stereocenters. The third-order valence-electron chi connectivity index (χ3n) is 0.442. The lowest BCUT2D eigenvalue weighted by Gasteiger charge is -2.16. The van der Waals surface area contributed by atoms with Crippen LogP contribution in [0.15, 0.2) is 0 Å². The second-order valence-corrected chi connectivity index (χ2v) is 2.62. The molecule has 0 aliphatic carbocycles. The molecule has 1 unspecified atom stereocenters. The molecule has 0 radical (unpaired) electrons. The summed E-state index contributed by atoms with van der Waals surface area (Å²) in [5, 5.41) is 8.61. The number of rotatable bonds is 1. The fraction of sp³-hybridized carbons (Fsp3) is 1.00. The Balaban J connectivity index is 3.54. The molecule has 0 heterocycles. The highest BCUT2D eigenvalue weighted by Crippen LogP contribution is 2.12. The topological polar surface area (TPSA) is 46.2 Å². The van der Waals surface area contributed by atoms with Crippen LogP contribution in [0.3, 0.4) is 0 Å². The van der Waals surface area contributed by atoms with E-state index in [1.807, 2.05) is 0 Å². The number of halogens is 2. The Labute approximate surface area is 52.2 Å². The standard InChI is InChI=1S/C3H7Cl2NO/c1-3(6,7)2(4)5/h2,7H,6H2,1H3. The van der Waals surface area contributed by atoms with Gasteiger partial charge in [0.05, 0.1) is 0 Å². The smallest absolute Gasteiger partial charge is 0.149 e. The molecule has 2 nitrogen and oxygen atoms in total. The van der Waals surface area contributed by atoms with E-state index in [9.17, 15) is 0 Å². The molecule has 44 valence electrons. The van der Waals surface area contributed by atoms with E-state index in [4.69, 9.17) is 34.0 Å². The molecule has 3 N–H and O–H groups in total. The Bertz CT molecular complexity index is 58.4. The highest BCUT2D eigenvalue weighted by atomic mass is 35.5. The van der Waals surface area contributed by atoms with Crippen molar-refractivity contribution in [1.82, 2.24) is 0 Å². The molecule has 0 aliphatic rings. The van der Waals surface area contributed by atoms with E-state index < -0.39 is 10.6 Å². The van der Waals surface area contributed by atoms with Crippen molar-refractivity contribution in [1.29, 1.82) is 0 Å². The van der Waals surface area contributed by atoms with Gasteiger partial charge in [0, 0.05) is 0 Å². The zero-order valence-corrected chi connectivity index (χ0v) is 5.37. The second kappa shape index (κ2) is 2.18. The van der Waals surface area contributed by atoms with Gasteiger partial charge in [0.1, 0.15) is 10.6 Å². The van der Waals surface area contributed by atoms with E-state index in [1.54, 1.807) is 0 Å². The first-order valence-corrected chi connectivity index (χ1v) is 2.61. The maximum absolute atomic E-state index is 8.61. The number of aliphatic hydroxyl groups is 1. The van der Waals surface area contributed by atoms with E-state index in [-0.39, 0.29) is 0 Å². The van der Waals surface area contributed by atoms with Crippen LogP contribution in [0, 0.1) is 0 Å². The van der Waals surface area contributed by atoms with Crippen molar-refractivity contribution >= 4 is 23.2 Å². The minimum absolute atomic E-state index is 0.924. The van der Waals surface area contributed by atoms with Crippen molar-refractivity contribution in [3.8, 4) is 0 Å². The van der Waals surface area contributed by atoms with Crippen LogP contribution >= 0.6 is 23.2 Å². The third-order valence-corrected chi connectivity index (χ3v) is 1.33. The minimum Gasteiger partial charge on any atom is -0.374 e. The third kappa shape index (κ3) is 3.12. The SMILES string of the molecule is CC(N)(O)C(Cl)Cl. The van der Waals surface area contributed by atoms with Crippen LogP contribution in [0.4, 0.5) is 0 Å². The molecule has 0 aliphatic heterocycles. The van der Waals surface area contributed by atoms with Crippen LogP contribution in [-0.2, 0) is 0 Å². The summed E-state index contributed by atoms with van der Waals surface area (Å²) in [6, 6.07) is 0. The molecule has 0 spiro atoms. The lowest BCUT2D eigenvalue weighted by atomic mass is 10.3. The van der Waals surface area contributed by atoms with E-state index in [0.717, 1.165) is 0 Å². The van der Waals surface area contributed by atoms with Gasteiger partial charge in [0.25, 0.3) is 0 Å². The second-order valence-electron chi connectivity index (χ2n) is 1.53. The van der Waals surface area contributed by atoms with Gasteiger partial charge in [0.2, 0.25) is 0 Å². The monoisotopic (exact) mass is 143 g/mol. The fourth-order valence-corrected chi connectivity index (χ4v) is 0. The van der Waals surface area contributed by atoms with Crippen molar-refractivity contribution in [2.45, 2.75) is 17.5 Å². The van der Waals surface area contributed by atoms with Crippen molar-refractivity contribution in [3.63, 3.8) is 0 Å². The Morgan fingerprint density at radius 1 is 1.71 bits per heavy atom. The molecule has 0 aromatic carbocycles. The van der Waals surface area contributed by atoms with Gasteiger partial charge in [0.15, 0.2) is 0 Å². The van der Waals surface area contributed by atoms with Crippen molar-refractivity contribution in [3.05, 3.63) is 0 Å². The summed E-state index contributed by atoms with van der Waals surface area (Å²) in [5.41, 5.74) is 3.50. The summed E-state index contributed by atoms with van der Waals surface area (Å²) in [6.45, 7) is 1.33. The van der Waals surface area contributed by atoms with Gasteiger partial charge in [-0.25, -0.2) is 0 Å². The number of nitrogens with two attached hydrogens (primary N) is 1. The maximum atomic E-state index is 8.61. The molecule has 0 saturated heterocycles. The van der Waals surface area contributed by atoms with Gasteiger partial charge in [-0.1, -0.05) is 0 Å². The van der Waals surface area contributed by atoms with Gasteiger partial charge in [-0.05, 0) is 6.92 Å². The van der Waals surface area contributed by atoms with Crippen LogP contribution in [-0.4, -0.2) is 15.7 Å². The normalized spacial score (nSPS) is 19.7. The van der Waals surface area contributed by atoms with Gasteiger partial charge in [-0.2, -0.15) is 0 Å². The first-order chi connectivity index (χ1) is 2.94. The average molecular weight is 144 g/mol. The van der Waals surface area contributed by atoms with Crippen molar-refractivity contribution < 1.29 is 5.11 Å². The Kier molecular flexibility index (Phi) is 2.33. The molecule has 0 rings (SSSR count). The lowest BCUT2D eigenvalue weighted by Crippen LogP contribution is -2.42. The predicted molar refractivity (Wildman–Crippen MR) is 30.3 cm³/mol. The number of alkyl halides is 2. The maximum Gasteiger partial charge on any atom is 0.149 e. The van der Waals surface area contributed by atoms with Gasteiger partial charge >= 0.3 is 0 Å². The van der Waals surface area contributed by atoms with E-state index in [1.165, 1.54) is 6.92 Å². The summed E-state index contributed by atoms with van der Waals surface area (Å²) in [7, 11) is 0. The number of hydrogen-bond donors (Lipinski definition) is 2. The van der Waals surface area contributed by atoms with Gasteiger partial charge < -0.3 is 10.8 Å². The Morgan fingerprint density at radius 3 is 1.86 bits per heavy atom. The van der Waals surface area contributed by atoms with Crippen LogP contribution in [0.25, 0.3) is 0 Å². The average Bonchev–Trinajstić information content (AvgIpc) is 1.31. The van der Waals surface area contributed by atoms with Crippen LogP contribution in [0.2, 0.25) is 0 Å². The molecule has 4 heteroatoms. The molecule has 7 heavy (non-hydrogen) atoms. The van der Waals surface area contributed by atoms with Crippen molar-refractivity contribution in [2.75, 3.05) is 0 Å². The Hall–Kier alpha value is 0.500. The van der Waals surface area contributed by atoms with E-state index in [2.05, 4.69) is 0 Å². The van der Waals surface area contributed by atoms with Gasteiger partial charge in [-0.15, -0.1) is 23.2 Å².